The van der Waals surface area contributed by atoms with E-state index in [-0.39, 0.29) is 17.9 Å². The van der Waals surface area contributed by atoms with Crippen LogP contribution in [0.2, 0.25) is 0 Å². The first-order valence-electron chi connectivity index (χ1n) is 9.53. The van der Waals surface area contributed by atoms with Crippen molar-refractivity contribution in [3.05, 3.63) is 58.9 Å². The van der Waals surface area contributed by atoms with E-state index in [2.05, 4.69) is 5.32 Å². The number of nitrogens with one attached hydrogen (secondary N) is 1. The Morgan fingerprint density at radius 1 is 1.16 bits per heavy atom. The topological polar surface area (TPSA) is 67.8 Å². The van der Waals surface area contributed by atoms with Gasteiger partial charge in [-0.15, -0.1) is 0 Å². The maximum Gasteiger partial charge on any atom is 0.418 e. The van der Waals surface area contributed by atoms with Crippen LogP contribution < -0.4 is 10.1 Å². The summed E-state index contributed by atoms with van der Waals surface area (Å²) in [7, 11) is 1.34. The number of ether oxygens (including phenoxy) is 2. The van der Waals surface area contributed by atoms with E-state index < -0.39 is 41.9 Å². The predicted octanol–water partition coefficient (Wildman–Crippen LogP) is 4.58. The summed E-state index contributed by atoms with van der Waals surface area (Å²) in [6, 6.07) is 8.02. The lowest BCUT2D eigenvalue weighted by atomic mass is 9.74. The summed E-state index contributed by atoms with van der Waals surface area (Å²) in [6.07, 6.45) is -5.71. The standard InChI is InChI=1S/C22H23F4NO4/c1-20(2,17-9-14(23)4-7-18(17)30-3)11-21(29,22(24,25)26)12-27-15-5-6-16-13(8-15)10-31-19(16)28/h4-9,27,29H,10-12H2,1-3H3. The second kappa shape index (κ2) is 8.03. The van der Waals surface area contributed by atoms with E-state index >= 15 is 0 Å². The lowest BCUT2D eigenvalue weighted by Crippen LogP contribution is -2.53. The number of rotatable bonds is 7. The van der Waals surface area contributed by atoms with Gasteiger partial charge in [0.1, 0.15) is 18.2 Å². The molecule has 2 aromatic carbocycles. The normalized spacial score (nSPS) is 15.8. The van der Waals surface area contributed by atoms with Crippen molar-refractivity contribution in [2.45, 2.75) is 44.1 Å². The molecule has 0 aromatic heterocycles. The third-order valence-electron chi connectivity index (χ3n) is 5.42. The fourth-order valence-corrected chi connectivity index (χ4v) is 3.79. The van der Waals surface area contributed by atoms with Crippen molar-refractivity contribution in [1.29, 1.82) is 0 Å². The molecule has 168 valence electrons. The van der Waals surface area contributed by atoms with Crippen LogP contribution in [0.25, 0.3) is 0 Å². The summed E-state index contributed by atoms with van der Waals surface area (Å²) in [5, 5.41) is 13.3. The summed E-state index contributed by atoms with van der Waals surface area (Å²) in [6.45, 7) is 2.17. The Bertz CT molecular complexity index is 990. The van der Waals surface area contributed by atoms with Gasteiger partial charge in [0.05, 0.1) is 19.2 Å². The van der Waals surface area contributed by atoms with Gasteiger partial charge in [0.15, 0.2) is 5.60 Å². The van der Waals surface area contributed by atoms with Crippen LogP contribution in [0.3, 0.4) is 0 Å². The molecule has 0 saturated carbocycles. The summed E-state index contributed by atoms with van der Waals surface area (Å²) in [4.78, 5) is 11.5. The number of methoxy groups -OCH3 is 1. The minimum Gasteiger partial charge on any atom is -0.496 e. The maximum atomic E-state index is 13.9. The number of alkyl halides is 3. The Labute approximate surface area is 177 Å². The molecule has 1 heterocycles. The summed E-state index contributed by atoms with van der Waals surface area (Å²) < 4.78 is 65.6. The van der Waals surface area contributed by atoms with E-state index in [1.54, 1.807) is 0 Å². The average molecular weight is 441 g/mol. The van der Waals surface area contributed by atoms with Crippen LogP contribution in [0.5, 0.6) is 5.75 Å². The van der Waals surface area contributed by atoms with Crippen molar-refractivity contribution in [3.63, 3.8) is 0 Å². The number of hydrogen-bond acceptors (Lipinski definition) is 5. The van der Waals surface area contributed by atoms with Crippen molar-refractivity contribution in [1.82, 2.24) is 0 Å². The van der Waals surface area contributed by atoms with Crippen molar-refractivity contribution in [2.24, 2.45) is 0 Å². The Morgan fingerprint density at radius 3 is 2.52 bits per heavy atom. The number of esters is 1. The van der Waals surface area contributed by atoms with Crippen molar-refractivity contribution in [2.75, 3.05) is 19.0 Å². The van der Waals surface area contributed by atoms with Gasteiger partial charge in [-0.2, -0.15) is 13.2 Å². The lowest BCUT2D eigenvalue weighted by molar-refractivity contribution is -0.260. The third-order valence-corrected chi connectivity index (χ3v) is 5.42. The van der Waals surface area contributed by atoms with Gasteiger partial charge < -0.3 is 19.9 Å². The number of hydrogen-bond donors (Lipinski definition) is 2. The van der Waals surface area contributed by atoms with Crippen LogP contribution in [0, 0.1) is 5.82 Å². The summed E-state index contributed by atoms with van der Waals surface area (Å²) in [5.74, 6) is -0.876. The molecule has 0 spiro atoms. The molecule has 2 N–H and O–H groups in total. The van der Waals surface area contributed by atoms with E-state index in [0.29, 0.717) is 16.8 Å². The number of halogens is 4. The first kappa shape index (κ1) is 22.9. The molecule has 3 rings (SSSR count). The zero-order valence-electron chi connectivity index (χ0n) is 17.3. The molecular weight excluding hydrogens is 418 g/mol. The minimum absolute atomic E-state index is 0.0413. The van der Waals surface area contributed by atoms with Gasteiger partial charge in [-0.05, 0) is 48.2 Å². The smallest absolute Gasteiger partial charge is 0.418 e. The summed E-state index contributed by atoms with van der Waals surface area (Å²) >= 11 is 0. The van der Waals surface area contributed by atoms with Gasteiger partial charge in [-0.25, -0.2) is 9.18 Å². The predicted molar refractivity (Wildman–Crippen MR) is 106 cm³/mol. The Kier molecular flexibility index (Phi) is 5.92. The van der Waals surface area contributed by atoms with E-state index in [1.165, 1.54) is 45.2 Å². The second-order valence-corrected chi connectivity index (χ2v) is 8.24. The monoisotopic (exact) mass is 441 g/mol. The molecule has 9 heteroatoms. The molecule has 0 aliphatic carbocycles. The van der Waals surface area contributed by atoms with Crippen LogP contribution in [0.4, 0.5) is 23.2 Å². The van der Waals surface area contributed by atoms with Crippen LogP contribution >= 0.6 is 0 Å². The number of benzene rings is 2. The summed E-state index contributed by atoms with van der Waals surface area (Å²) in [5.41, 5.74) is -2.98. The van der Waals surface area contributed by atoms with Crippen molar-refractivity contribution in [3.8, 4) is 5.75 Å². The van der Waals surface area contributed by atoms with Crippen LogP contribution in [-0.2, 0) is 16.8 Å². The quantitative estimate of drug-likeness (QED) is 0.487. The Hall–Kier alpha value is -2.81. The molecule has 31 heavy (non-hydrogen) atoms. The molecule has 0 radical (unpaired) electrons. The molecule has 0 saturated heterocycles. The van der Waals surface area contributed by atoms with Crippen molar-refractivity contribution >= 4 is 11.7 Å². The molecule has 1 atom stereocenters. The highest BCUT2D eigenvalue weighted by atomic mass is 19.4. The lowest BCUT2D eigenvalue weighted by Gasteiger charge is -2.38. The fraction of sp³-hybridized carbons (Fsp3) is 0.409. The van der Waals surface area contributed by atoms with E-state index in [0.717, 1.165) is 12.1 Å². The molecule has 0 fully saturated rings. The molecule has 1 unspecified atom stereocenters. The Balaban J connectivity index is 1.86. The average Bonchev–Trinajstić information content (AvgIpc) is 3.05. The number of carbonyl (C=O) groups excluding carboxylic acids is 1. The van der Waals surface area contributed by atoms with Crippen molar-refractivity contribution < 1.29 is 36.9 Å². The highest BCUT2D eigenvalue weighted by molar-refractivity contribution is 5.93. The van der Waals surface area contributed by atoms with E-state index in [4.69, 9.17) is 9.47 Å². The van der Waals surface area contributed by atoms with Gasteiger partial charge >= 0.3 is 12.1 Å². The highest BCUT2D eigenvalue weighted by Gasteiger charge is 2.56. The van der Waals surface area contributed by atoms with Gasteiger partial charge in [-0.1, -0.05) is 13.8 Å². The molecule has 0 amide bonds. The van der Waals surface area contributed by atoms with E-state index in [9.17, 15) is 27.5 Å². The molecule has 0 bridgehead atoms. The van der Waals surface area contributed by atoms with Gasteiger partial charge in [0.2, 0.25) is 0 Å². The first-order valence-corrected chi connectivity index (χ1v) is 9.53. The zero-order valence-corrected chi connectivity index (χ0v) is 17.3. The zero-order chi connectivity index (χ0) is 23.0. The number of aliphatic hydroxyl groups is 1. The van der Waals surface area contributed by atoms with Gasteiger partial charge in [0, 0.05) is 16.8 Å². The molecule has 2 aromatic rings. The fourth-order valence-electron chi connectivity index (χ4n) is 3.79. The number of fused-ring (bicyclic) bond motifs is 1. The van der Waals surface area contributed by atoms with Crippen LogP contribution in [0.1, 0.15) is 41.8 Å². The largest absolute Gasteiger partial charge is 0.496 e. The van der Waals surface area contributed by atoms with Crippen LogP contribution in [-0.4, -0.2) is 36.5 Å². The first-order chi connectivity index (χ1) is 14.4. The molecular formula is C22H23F4NO4. The number of anilines is 1. The minimum atomic E-state index is -4.96. The third kappa shape index (κ3) is 4.61. The molecule has 1 aliphatic rings. The second-order valence-electron chi connectivity index (χ2n) is 8.24. The van der Waals surface area contributed by atoms with Gasteiger partial charge in [0.25, 0.3) is 0 Å². The molecule has 1 aliphatic heterocycles. The highest BCUT2D eigenvalue weighted by Crippen LogP contribution is 2.43. The SMILES string of the molecule is COc1ccc(F)cc1C(C)(C)CC(O)(CNc1ccc2c(c1)COC2=O)C(F)(F)F. The number of carbonyl (C=O) groups is 1. The van der Waals surface area contributed by atoms with E-state index in [1.807, 2.05) is 0 Å². The van der Waals surface area contributed by atoms with Gasteiger partial charge in [-0.3, -0.25) is 0 Å². The van der Waals surface area contributed by atoms with Crippen LogP contribution in [0.15, 0.2) is 36.4 Å². The Morgan fingerprint density at radius 2 is 1.87 bits per heavy atom. The number of cyclic esters (lactones) is 1. The molecule has 5 nitrogen and oxygen atoms in total. The maximum absolute atomic E-state index is 13.9.